The van der Waals surface area contributed by atoms with Crippen LogP contribution in [0.1, 0.15) is 25.3 Å². The van der Waals surface area contributed by atoms with Gasteiger partial charge >= 0.3 is 12.7 Å². The van der Waals surface area contributed by atoms with Gasteiger partial charge in [0.15, 0.2) is 0 Å². The number of hydrogen-bond acceptors (Lipinski definition) is 2. The first-order valence-corrected chi connectivity index (χ1v) is 5.13. The molecule has 0 unspecified atom stereocenters. The van der Waals surface area contributed by atoms with Gasteiger partial charge in [0.1, 0.15) is 11.5 Å². The number of alkyl halides is 6. The Morgan fingerprint density at radius 3 is 1.84 bits per heavy atom. The van der Waals surface area contributed by atoms with E-state index in [9.17, 15) is 26.3 Å². The van der Waals surface area contributed by atoms with E-state index >= 15 is 0 Å². The van der Waals surface area contributed by atoms with E-state index in [4.69, 9.17) is 0 Å². The van der Waals surface area contributed by atoms with Crippen LogP contribution in [0.15, 0.2) is 18.2 Å². The van der Waals surface area contributed by atoms with Crippen molar-refractivity contribution in [3.8, 4) is 11.5 Å². The summed E-state index contributed by atoms with van der Waals surface area (Å²) >= 11 is 0. The van der Waals surface area contributed by atoms with Gasteiger partial charge in [-0.25, -0.2) is 0 Å². The smallest absolute Gasteiger partial charge is 0.406 e. The van der Waals surface area contributed by atoms with Crippen LogP contribution < -0.4 is 9.47 Å². The molecule has 8 heteroatoms. The molecule has 0 amide bonds. The van der Waals surface area contributed by atoms with Gasteiger partial charge in [0.2, 0.25) is 0 Å². The molecule has 0 saturated heterocycles. The maximum atomic E-state index is 12.1. The summed E-state index contributed by atoms with van der Waals surface area (Å²) < 4.78 is 79.8. The first-order valence-electron chi connectivity index (χ1n) is 5.13. The van der Waals surface area contributed by atoms with E-state index < -0.39 is 30.1 Å². The third kappa shape index (κ3) is 5.27. The van der Waals surface area contributed by atoms with E-state index in [1.165, 1.54) is 13.8 Å². The highest BCUT2D eigenvalue weighted by Gasteiger charge is 2.34. The first kappa shape index (κ1) is 15.5. The summed E-state index contributed by atoms with van der Waals surface area (Å²) in [5.74, 6) is -1.60. The van der Waals surface area contributed by atoms with Crippen LogP contribution >= 0.6 is 0 Å². The zero-order valence-electron chi connectivity index (χ0n) is 9.89. The van der Waals surface area contributed by atoms with Gasteiger partial charge in [-0.05, 0) is 24.1 Å². The Morgan fingerprint density at radius 2 is 1.42 bits per heavy atom. The summed E-state index contributed by atoms with van der Waals surface area (Å²) in [4.78, 5) is 0. The van der Waals surface area contributed by atoms with Gasteiger partial charge in [-0.15, -0.1) is 26.3 Å². The second kappa shape index (κ2) is 5.18. The van der Waals surface area contributed by atoms with Crippen LogP contribution in [0.4, 0.5) is 26.3 Å². The van der Waals surface area contributed by atoms with Crippen LogP contribution in [0.5, 0.6) is 11.5 Å². The highest BCUT2D eigenvalue weighted by Crippen LogP contribution is 2.35. The van der Waals surface area contributed by atoms with Gasteiger partial charge in [0.25, 0.3) is 0 Å². The first-order chi connectivity index (χ1) is 8.48. The molecule has 0 fully saturated rings. The van der Waals surface area contributed by atoms with E-state index in [0.29, 0.717) is 0 Å². The largest absolute Gasteiger partial charge is 0.573 e. The molecule has 0 aliphatic carbocycles. The standard InChI is InChI=1S/C11H10F6O2/c1-6(2)8-5-7(18-10(12,13)14)3-4-9(8)19-11(15,16)17/h3-6H,1-2H3. The average molecular weight is 288 g/mol. The Kier molecular flexibility index (Phi) is 4.21. The number of hydrogen-bond donors (Lipinski definition) is 0. The van der Waals surface area contributed by atoms with Crippen LogP contribution in [0, 0.1) is 0 Å². The number of rotatable bonds is 3. The summed E-state index contributed by atoms with van der Waals surface area (Å²) in [7, 11) is 0. The molecule has 0 spiro atoms. The van der Waals surface area contributed by atoms with E-state index in [1.807, 2.05) is 0 Å². The minimum atomic E-state index is -4.91. The third-order valence-electron chi connectivity index (χ3n) is 2.06. The molecule has 0 atom stereocenters. The van der Waals surface area contributed by atoms with Crippen LogP contribution in [-0.2, 0) is 0 Å². The monoisotopic (exact) mass is 288 g/mol. The van der Waals surface area contributed by atoms with E-state index in [0.717, 1.165) is 18.2 Å². The fraction of sp³-hybridized carbons (Fsp3) is 0.455. The van der Waals surface area contributed by atoms with Crippen molar-refractivity contribution < 1.29 is 35.8 Å². The molecule has 0 bridgehead atoms. The molecule has 0 aliphatic heterocycles. The molecular weight excluding hydrogens is 278 g/mol. The highest BCUT2D eigenvalue weighted by atomic mass is 19.4. The molecule has 1 rings (SSSR count). The molecule has 0 heterocycles. The van der Waals surface area contributed by atoms with Crippen LogP contribution in [0.25, 0.3) is 0 Å². The summed E-state index contributed by atoms with van der Waals surface area (Å²) in [6.07, 6.45) is -9.81. The summed E-state index contributed by atoms with van der Waals surface area (Å²) in [5, 5.41) is 0. The molecule has 19 heavy (non-hydrogen) atoms. The zero-order chi connectivity index (χ0) is 14.8. The third-order valence-corrected chi connectivity index (χ3v) is 2.06. The molecule has 1 aromatic carbocycles. The molecule has 0 saturated carbocycles. The zero-order valence-corrected chi connectivity index (χ0v) is 9.89. The molecular formula is C11H10F6O2. The fourth-order valence-corrected chi connectivity index (χ4v) is 1.39. The second-order valence-electron chi connectivity index (χ2n) is 3.95. The minimum Gasteiger partial charge on any atom is -0.406 e. The lowest BCUT2D eigenvalue weighted by Crippen LogP contribution is -2.19. The molecule has 1 aromatic rings. The summed E-state index contributed by atoms with van der Waals surface area (Å²) in [5.41, 5.74) is -0.0286. The van der Waals surface area contributed by atoms with Gasteiger partial charge < -0.3 is 9.47 Å². The van der Waals surface area contributed by atoms with E-state index in [1.54, 1.807) is 0 Å². The number of benzene rings is 1. The molecule has 108 valence electrons. The average Bonchev–Trinajstić information content (AvgIpc) is 2.15. The van der Waals surface area contributed by atoms with Crippen LogP contribution in [0.3, 0.4) is 0 Å². The van der Waals surface area contributed by atoms with Crippen molar-refractivity contribution in [1.82, 2.24) is 0 Å². The molecule has 0 radical (unpaired) electrons. The lowest BCUT2D eigenvalue weighted by atomic mass is 10.0. The van der Waals surface area contributed by atoms with E-state index in [2.05, 4.69) is 9.47 Å². The van der Waals surface area contributed by atoms with Crippen molar-refractivity contribution in [3.05, 3.63) is 23.8 Å². The van der Waals surface area contributed by atoms with Crippen LogP contribution in [0.2, 0.25) is 0 Å². The second-order valence-corrected chi connectivity index (χ2v) is 3.95. The Labute approximate surface area is 104 Å². The Morgan fingerprint density at radius 1 is 0.895 bits per heavy atom. The SMILES string of the molecule is CC(C)c1cc(OC(F)(F)F)ccc1OC(F)(F)F. The lowest BCUT2D eigenvalue weighted by molar-refractivity contribution is -0.277. The van der Waals surface area contributed by atoms with E-state index in [-0.39, 0.29) is 5.56 Å². The van der Waals surface area contributed by atoms with Gasteiger partial charge in [-0.3, -0.25) is 0 Å². The van der Waals surface area contributed by atoms with Crippen molar-refractivity contribution >= 4 is 0 Å². The van der Waals surface area contributed by atoms with Crippen molar-refractivity contribution in [2.45, 2.75) is 32.5 Å². The normalized spacial score (nSPS) is 12.7. The lowest BCUT2D eigenvalue weighted by Gasteiger charge is -2.17. The van der Waals surface area contributed by atoms with Gasteiger partial charge in [-0.1, -0.05) is 13.8 Å². The molecule has 0 N–H and O–H groups in total. The minimum absolute atomic E-state index is 0.0286. The number of ether oxygens (including phenoxy) is 2. The molecule has 2 nitrogen and oxygen atoms in total. The predicted molar refractivity (Wildman–Crippen MR) is 53.9 cm³/mol. The Hall–Kier alpha value is -1.60. The molecule has 0 aromatic heterocycles. The topological polar surface area (TPSA) is 18.5 Å². The predicted octanol–water partition coefficient (Wildman–Crippen LogP) is 4.61. The van der Waals surface area contributed by atoms with Crippen molar-refractivity contribution in [2.24, 2.45) is 0 Å². The Balaban J connectivity index is 3.08. The van der Waals surface area contributed by atoms with Crippen LogP contribution in [-0.4, -0.2) is 12.7 Å². The van der Waals surface area contributed by atoms with Crippen molar-refractivity contribution in [2.75, 3.05) is 0 Å². The maximum Gasteiger partial charge on any atom is 0.573 e. The highest BCUT2D eigenvalue weighted by molar-refractivity contribution is 5.42. The van der Waals surface area contributed by atoms with Crippen molar-refractivity contribution in [3.63, 3.8) is 0 Å². The quantitative estimate of drug-likeness (QED) is 0.756. The maximum absolute atomic E-state index is 12.1. The van der Waals surface area contributed by atoms with Crippen molar-refractivity contribution in [1.29, 1.82) is 0 Å². The van der Waals surface area contributed by atoms with Gasteiger partial charge in [0.05, 0.1) is 0 Å². The fourth-order valence-electron chi connectivity index (χ4n) is 1.39. The Bertz CT molecular complexity index is 436. The van der Waals surface area contributed by atoms with Gasteiger partial charge in [0, 0.05) is 5.56 Å². The van der Waals surface area contributed by atoms with Gasteiger partial charge in [-0.2, -0.15) is 0 Å². The summed E-state index contributed by atoms with van der Waals surface area (Å²) in [6.45, 7) is 3.05. The summed E-state index contributed by atoms with van der Waals surface area (Å²) in [6, 6.07) is 2.43. The number of halogens is 6. The molecule has 0 aliphatic rings.